The molecule has 0 fully saturated rings. The Morgan fingerprint density at radius 1 is 0.500 bits per heavy atom. The van der Waals surface area contributed by atoms with Crippen molar-refractivity contribution >= 4 is 66.4 Å². The van der Waals surface area contributed by atoms with E-state index in [1.807, 2.05) is 18.2 Å². The summed E-state index contributed by atoms with van der Waals surface area (Å²) in [4.78, 5) is 0. The summed E-state index contributed by atoms with van der Waals surface area (Å²) in [6.45, 7) is 13.3. The second-order valence-electron chi connectivity index (χ2n) is 15.7. The summed E-state index contributed by atoms with van der Waals surface area (Å²) in [6, 6.07) is 59.8. The van der Waals surface area contributed by atoms with Crippen LogP contribution in [0.15, 0.2) is 181 Å². The molecule has 10 aromatic rings. The third-order valence-electron chi connectivity index (χ3n) is 12.3. The number of para-hydroxylation sites is 1. The lowest BCUT2D eigenvalue weighted by Crippen LogP contribution is -2.24. The van der Waals surface area contributed by atoms with Gasteiger partial charge in [0.1, 0.15) is 11.2 Å². The second-order valence-corrected chi connectivity index (χ2v) is 15.7. The summed E-state index contributed by atoms with van der Waals surface area (Å²) in [6.07, 6.45) is 1.96. The summed E-state index contributed by atoms with van der Waals surface area (Å²) in [7, 11) is 0. The van der Waals surface area contributed by atoms with Crippen LogP contribution in [0, 0.1) is 0 Å². The summed E-state index contributed by atoms with van der Waals surface area (Å²) in [5.41, 5.74) is 14.2. The lowest BCUT2D eigenvalue weighted by atomic mass is 9.80. The highest BCUT2D eigenvalue weighted by Gasteiger charge is 2.37. The Labute approximate surface area is 325 Å². The van der Waals surface area contributed by atoms with Crippen LogP contribution in [0.5, 0.6) is 0 Å². The van der Waals surface area contributed by atoms with Crippen LogP contribution in [-0.4, -0.2) is 0 Å². The van der Waals surface area contributed by atoms with E-state index in [2.05, 4.69) is 179 Å². The van der Waals surface area contributed by atoms with E-state index in [4.69, 9.17) is 4.42 Å². The van der Waals surface area contributed by atoms with Crippen LogP contribution >= 0.6 is 0 Å². The third-order valence-corrected chi connectivity index (χ3v) is 12.3. The van der Waals surface area contributed by atoms with E-state index in [1.54, 1.807) is 0 Å². The quantitative estimate of drug-likeness (QED) is 0.165. The minimum atomic E-state index is -0.180. The molecule has 1 heteroatoms. The van der Waals surface area contributed by atoms with Crippen LogP contribution in [-0.2, 0) is 5.41 Å². The smallest absolute Gasteiger partial charge is 0.136 e. The summed E-state index contributed by atoms with van der Waals surface area (Å²) in [5, 5.41) is 11.9. The van der Waals surface area contributed by atoms with Crippen LogP contribution in [0.4, 0.5) is 0 Å². The number of rotatable bonds is 4. The van der Waals surface area contributed by atoms with Crippen molar-refractivity contribution in [2.45, 2.75) is 19.3 Å². The number of benzene rings is 9. The predicted molar refractivity (Wildman–Crippen MR) is 239 cm³/mol. The van der Waals surface area contributed by atoms with E-state index < -0.39 is 0 Å². The zero-order valence-corrected chi connectivity index (χ0v) is 31.5. The largest absolute Gasteiger partial charge is 0.456 e. The molecule has 0 radical (unpaired) electrons. The Morgan fingerprint density at radius 3 is 1.84 bits per heavy atom. The molecule has 0 aliphatic heterocycles. The van der Waals surface area contributed by atoms with E-state index in [1.165, 1.54) is 82.2 Å². The Morgan fingerprint density at radius 2 is 1.14 bits per heavy atom. The maximum atomic E-state index is 6.30. The average Bonchev–Trinajstić information content (AvgIpc) is 3.70. The number of furan rings is 1. The van der Waals surface area contributed by atoms with Crippen molar-refractivity contribution in [2.24, 2.45) is 0 Å². The monoisotopic (exact) mass is 714 g/mol. The second kappa shape index (κ2) is 12.0. The van der Waals surface area contributed by atoms with E-state index in [0.717, 1.165) is 38.1 Å². The van der Waals surface area contributed by atoms with Crippen molar-refractivity contribution in [3.8, 4) is 33.4 Å². The lowest BCUT2D eigenvalue weighted by Gasteiger charge is -2.23. The Balaban J connectivity index is 1.13. The third kappa shape index (κ3) is 4.61. The Bertz CT molecular complexity index is 3370. The molecule has 0 amide bonds. The van der Waals surface area contributed by atoms with Crippen LogP contribution in [0.1, 0.15) is 30.5 Å². The normalized spacial score (nSPS) is 13.8. The molecule has 0 bridgehead atoms. The highest BCUT2D eigenvalue weighted by molar-refractivity contribution is 6.22. The molecule has 1 aliphatic carbocycles. The van der Waals surface area contributed by atoms with E-state index in [-0.39, 0.29) is 5.41 Å². The van der Waals surface area contributed by atoms with Crippen molar-refractivity contribution in [1.82, 2.24) is 0 Å². The molecular formula is C55H38O. The van der Waals surface area contributed by atoms with Gasteiger partial charge in [-0.15, -0.1) is 0 Å². The van der Waals surface area contributed by atoms with Crippen LogP contribution in [0.2, 0.25) is 0 Å². The molecule has 0 unspecified atom stereocenters. The first-order chi connectivity index (χ1) is 27.4. The molecule has 1 aliphatic rings. The number of hydrogen-bond donors (Lipinski definition) is 0. The molecule has 1 aromatic heterocycles. The highest BCUT2D eigenvalue weighted by atomic mass is 16.3. The molecular weight excluding hydrogens is 677 g/mol. The van der Waals surface area contributed by atoms with E-state index >= 15 is 0 Å². The molecule has 0 saturated heterocycles. The fourth-order valence-corrected chi connectivity index (χ4v) is 9.69. The maximum absolute atomic E-state index is 6.30. The summed E-state index contributed by atoms with van der Waals surface area (Å²) < 4.78 is 6.30. The first kappa shape index (κ1) is 32.5. The number of allylic oxidation sites excluding steroid dienone is 1. The van der Waals surface area contributed by atoms with Crippen LogP contribution in [0.3, 0.4) is 0 Å². The Hall–Kier alpha value is -6.96. The fourth-order valence-electron chi connectivity index (χ4n) is 9.69. The molecule has 0 saturated carbocycles. The molecule has 9 aromatic carbocycles. The van der Waals surface area contributed by atoms with E-state index in [9.17, 15) is 0 Å². The standard InChI is InChI=1S/C55H38O/c1-5-38(39-18-7-6-15-33(39)2)34-16-14-17-36(29-34)52-41-20-8-10-22-43(41)53(44-23-11-9-21-42(44)52)37-25-27-45-49(30-37)55(3,4)48-28-26-35-31-51-47(32-46(35)54(45)48)40-19-12-13-24-50(40)56-51/h5-32H,1-2H2,3-4H3/b39-38+. The van der Waals surface area contributed by atoms with Crippen molar-refractivity contribution in [1.29, 1.82) is 0 Å². The molecule has 264 valence electrons. The van der Waals surface area contributed by atoms with Crippen molar-refractivity contribution < 1.29 is 4.42 Å². The summed E-state index contributed by atoms with van der Waals surface area (Å²) >= 11 is 0. The maximum Gasteiger partial charge on any atom is 0.136 e. The number of hydrogen-bond acceptors (Lipinski definition) is 1. The first-order valence-electron chi connectivity index (χ1n) is 19.4. The van der Waals surface area contributed by atoms with Gasteiger partial charge >= 0.3 is 0 Å². The molecule has 0 atom stereocenters. The van der Waals surface area contributed by atoms with Gasteiger partial charge in [-0.25, -0.2) is 0 Å². The molecule has 0 spiro atoms. The minimum absolute atomic E-state index is 0.180. The average molecular weight is 715 g/mol. The van der Waals surface area contributed by atoms with Crippen molar-refractivity contribution in [2.75, 3.05) is 0 Å². The van der Waals surface area contributed by atoms with Gasteiger partial charge in [-0.2, -0.15) is 0 Å². The van der Waals surface area contributed by atoms with Gasteiger partial charge < -0.3 is 4.42 Å². The number of fused-ring (bicyclic) bond motifs is 10. The van der Waals surface area contributed by atoms with Crippen LogP contribution < -0.4 is 10.4 Å². The highest BCUT2D eigenvalue weighted by Crippen LogP contribution is 2.54. The van der Waals surface area contributed by atoms with Crippen LogP contribution in [0.25, 0.3) is 99.8 Å². The van der Waals surface area contributed by atoms with Gasteiger partial charge in [0.15, 0.2) is 0 Å². The van der Waals surface area contributed by atoms with Gasteiger partial charge in [0.05, 0.1) is 0 Å². The topological polar surface area (TPSA) is 13.1 Å². The predicted octanol–water partition coefficient (Wildman–Crippen LogP) is 13.5. The molecule has 1 heterocycles. The van der Waals surface area contributed by atoms with Gasteiger partial charge in [0.25, 0.3) is 0 Å². The zero-order chi connectivity index (χ0) is 37.7. The van der Waals surface area contributed by atoms with Gasteiger partial charge in [-0.05, 0) is 129 Å². The first-order valence-corrected chi connectivity index (χ1v) is 19.4. The van der Waals surface area contributed by atoms with Gasteiger partial charge in [0.2, 0.25) is 0 Å². The SMILES string of the molecule is C=C/C(c1cccc(-c2c3ccccc3c(-c3ccc4c(c3)C(C)(C)c3ccc5cc6oc7ccccc7c6cc5c3-4)c3ccccc23)c1)=c1/ccccc1=C. The summed E-state index contributed by atoms with van der Waals surface area (Å²) in [5.74, 6) is 0. The Kier molecular flexibility index (Phi) is 6.97. The van der Waals surface area contributed by atoms with Gasteiger partial charge in [-0.3, -0.25) is 0 Å². The van der Waals surface area contributed by atoms with Crippen molar-refractivity contribution in [3.05, 3.63) is 204 Å². The molecule has 1 nitrogen and oxygen atoms in total. The van der Waals surface area contributed by atoms with Gasteiger partial charge in [-0.1, -0.05) is 167 Å². The fraction of sp³-hybridized carbons (Fsp3) is 0.0545. The van der Waals surface area contributed by atoms with Crippen molar-refractivity contribution in [3.63, 3.8) is 0 Å². The lowest BCUT2D eigenvalue weighted by molar-refractivity contribution is 0.661. The molecule has 0 N–H and O–H groups in total. The minimum Gasteiger partial charge on any atom is -0.456 e. The zero-order valence-electron chi connectivity index (χ0n) is 31.5. The van der Waals surface area contributed by atoms with E-state index in [0.29, 0.717) is 0 Å². The molecule has 56 heavy (non-hydrogen) atoms. The van der Waals surface area contributed by atoms with Gasteiger partial charge in [0, 0.05) is 16.2 Å². The molecule has 11 rings (SSSR count).